The molecule has 0 unspecified atom stereocenters. The first-order chi connectivity index (χ1) is 6.06. The fourth-order valence-corrected chi connectivity index (χ4v) is 1.98. The van der Waals surface area contributed by atoms with Crippen LogP contribution in [0.2, 0.25) is 0 Å². The summed E-state index contributed by atoms with van der Waals surface area (Å²) in [6.07, 6.45) is 1.36. The summed E-state index contributed by atoms with van der Waals surface area (Å²) in [5, 5.41) is 0.118. The van der Waals surface area contributed by atoms with Crippen molar-refractivity contribution >= 4 is 9.84 Å². The van der Waals surface area contributed by atoms with E-state index in [-0.39, 0.29) is 10.8 Å². The topological polar surface area (TPSA) is 47.0 Å². The van der Waals surface area contributed by atoms with Crippen molar-refractivity contribution in [2.45, 2.75) is 11.9 Å². The highest BCUT2D eigenvalue weighted by atomic mass is 32.2. The normalized spacial score (nSPS) is 11.2. The van der Waals surface area contributed by atoms with E-state index in [1.807, 2.05) is 0 Å². The van der Waals surface area contributed by atoms with Crippen LogP contribution in [0.15, 0.2) is 35.9 Å². The second-order valence-electron chi connectivity index (χ2n) is 2.69. The Labute approximate surface area is 78.0 Å². The smallest absolute Gasteiger partial charge is 0.199 e. The van der Waals surface area contributed by atoms with Gasteiger partial charge >= 0.3 is 0 Å². The fourth-order valence-electron chi connectivity index (χ4n) is 0.932. The molecule has 0 fully saturated rings. The molecule has 0 bridgehead atoms. The van der Waals surface area contributed by atoms with E-state index in [0.717, 1.165) is 0 Å². The Kier molecular flexibility index (Phi) is 2.83. The maximum absolute atomic E-state index is 11.5. The molecule has 1 aromatic rings. The summed E-state index contributed by atoms with van der Waals surface area (Å²) in [6.45, 7) is 5.14. The second kappa shape index (κ2) is 3.70. The lowest BCUT2D eigenvalue weighted by atomic mass is 10.4. The lowest BCUT2D eigenvalue weighted by molar-refractivity contribution is 0.595. The highest BCUT2D eigenvalue weighted by Crippen LogP contribution is 2.08. The molecule has 13 heavy (non-hydrogen) atoms. The number of pyridine rings is 1. The number of hydrogen-bond acceptors (Lipinski definition) is 3. The van der Waals surface area contributed by atoms with Gasteiger partial charge in [0.05, 0.1) is 5.75 Å². The first-order valence-corrected chi connectivity index (χ1v) is 5.49. The molecule has 0 amide bonds. The van der Waals surface area contributed by atoms with Crippen LogP contribution >= 0.6 is 0 Å². The zero-order valence-electron chi connectivity index (χ0n) is 7.40. The summed E-state index contributed by atoms with van der Waals surface area (Å²) in [7, 11) is -3.26. The molecule has 0 aliphatic carbocycles. The molecule has 4 heteroatoms. The monoisotopic (exact) mass is 197 g/mol. The highest BCUT2D eigenvalue weighted by molar-refractivity contribution is 7.91. The van der Waals surface area contributed by atoms with E-state index in [0.29, 0.717) is 5.69 Å². The number of nitrogens with zero attached hydrogens (tertiary/aromatic N) is 1. The van der Waals surface area contributed by atoms with Crippen LogP contribution in [-0.4, -0.2) is 19.2 Å². The maximum atomic E-state index is 11.5. The molecule has 0 aliphatic rings. The van der Waals surface area contributed by atoms with Crippen LogP contribution in [0.25, 0.3) is 0 Å². The molecule has 0 aliphatic heterocycles. The third-order valence-corrected chi connectivity index (χ3v) is 3.06. The lowest BCUT2D eigenvalue weighted by Gasteiger charge is -2.00. The first-order valence-electron chi connectivity index (χ1n) is 3.83. The number of aryl methyl sites for hydroxylation is 1. The molecule has 0 aromatic carbocycles. The average Bonchev–Trinajstić information content (AvgIpc) is 2.04. The molecule has 1 heterocycles. The lowest BCUT2D eigenvalue weighted by Crippen LogP contribution is -2.07. The van der Waals surface area contributed by atoms with Crippen molar-refractivity contribution in [1.82, 2.24) is 4.98 Å². The molecule has 1 rings (SSSR count). The Morgan fingerprint density at radius 3 is 2.77 bits per heavy atom. The molecule has 0 saturated heterocycles. The van der Waals surface area contributed by atoms with Gasteiger partial charge in [-0.05, 0) is 19.1 Å². The molecular weight excluding hydrogens is 186 g/mol. The molecule has 1 aromatic heterocycles. The number of hydrogen-bond donors (Lipinski definition) is 0. The molecule has 0 atom stereocenters. The Balaban J connectivity index is 3.15. The fraction of sp³-hybridized carbons (Fsp3) is 0.222. The van der Waals surface area contributed by atoms with Gasteiger partial charge in [-0.1, -0.05) is 12.1 Å². The van der Waals surface area contributed by atoms with Gasteiger partial charge in [0.2, 0.25) is 0 Å². The van der Waals surface area contributed by atoms with Gasteiger partial charge in [-0.2, -0.15) is 0 Å². The van der Waals surface area contributed by atoms with Crippen LogP contribution in [0.5, 0.6) is 0 Å². The minimum Gasteiger partial charge on any atom is -0.242 e. The van der Waals surface area contributed by atoms with E-state index in [9.17, 15) is 8.42 Å². The predicted octanol–water partition coefficient (Wildman–Crippen LogP) is 1.35. The highest BCUT2D eigenvalue weighted by Gasteiger charge is 2.13. The SMILES string of the molecule is C=CCS(=O)(=O)c1cccc(C)n1. The summed E-state index contributed by atoms with van der Waals surface area (Å²) in [5.41, 5.74) is 0.699. The maximum Gasteiger partial charge on any atom is 0.199 e. The Morgan fingerprint density at radius 2 is 2.23 bits per heavy atom. The Hall–Kier alpha value is -1.16. The van der Waals surface area contributed by atoms with Crippen molar-refractivity contribution in [1.29, 1.82) is 0 Å². The van der Waals surface area contributed by atoms with Gasteiger partial charge in [0.25, 0.3) is 0 Å². The third-order valence-electron chi connectivity index (χ3n) is 1.52. The molecule has 0 radical (unpaired) electrons. The van der Waals surface area contributed by atoms with Gasteiger partial charge in [0.1, 0.15) is 0 Å². The van der Waals surface area contributed by atoms with Gasteiger partial charge in [0.15, 0.2) is 14.9 Å². The van der Waals surface area contributed by atoms with Crippen LogP contribution in [-0.2, 0) is 9.84 Å². The summed E-state index contributed by atoms with van der Waals surface area (Å²) < 4.78 is 22.9. The van der Waals surface area contributed by atoms with Crippen LogP contribution in [0.1, 0.15) is 5.69 Å². The van der Waals surface area contributed by atoms with E-state index >= 15 is 0 Å². The molecule has 0 spiro atoms. The zero-order chi connectivity index (χ0) is 9.90. The molecule has 3 nitrogen and oxygen atoms in total. The van der Waals surface area contributed by atoms with E-state index in [1.165, 1.54) is 12.1 Å². The van der Waals surface area contributed by atoms with Gasteiger partial charge < -0.3 is 0 Å². The van der Waals surface area contributed by atoms with Crippen LogP contribution in [0.4, 0.5) is 0 Å². The standard InChI is InChI=1S/C9H11NO2S/c1-3-7-13(11,12)9-6-4-5-8(2)10-9/h3-6H,1,7H2,2H3. The Morgan fingerprint density at radius 1 is 1.54 bits per heavy atom. The quantitative estimate of drug-likeness (QED) is 0.687. The van der Waals surface area contributed by atoms with E-state index in [1.54, 1.807) is 19.1 Å². The minimum absolute atomic E-state index is 0.0660. The summed E-state index contributed by atoms with van der Waals surface area (Å²) >= 11 is 0. The molecular formula is C9H11NO2S. The predicted molar refractivity (Wildman–Crippen MR) is 51.2 cm³/mol. The average molecular weight is 197 g/mol. The Bertz CT molecular complexity index is 409. The van der Waals surface area contributed by atoms with Crippen molar-refractivity contribution in [3.05, 3.63) is 36.5 Å². The van der Waals surface area contributed by atoms with Gasteiger partial charge in [-0.15, -0.1) is 6.58 Å². The zero-order valence-corrected chi connectivity index (χ0v) is 8.21. The number of aromatic nitrogens is 1. The van der Waals surface area contributed by atoms with Crippen molar-refractivity contribution in [3.8, 4) is 0 Å². The van der Waals surface area contributed by atoms with Crippen LogP contribution in [0.3, 0.4) is 0 Å². The summed E-state index contributed by atoms with van der Waals surface area (Å²) in [6, 6.07) is 4.93. The summed E-state index contributed by atoms with van der Waals surface area (Å²) in [5.74, 6) is -0.0660. The van der Waals surface area contributed by atoms with E-state index in [2.05, 4.69) is 11.6 Å². The van der Waals surface area contributed by atoms with Crippen LogP contribution in [0, 0.1) is 6.92 Å². The molecule has 70 valence electrons. The summed E-state index contributed by atoms with van der Waals surface area (Å²) in [4.78, 5) is 3.93. The van der Waals surface area contributed by atoms with E-state index < -0.39 is 9.84 Å². The van der Waals surface area contributed by atoms with Crippen LogP contribution < -0.4 is 0 Å². The second-order valence-corrected chi connectivity index (χ2v) is 4.67. The van der Waals surface area contributed by atoms with Crippen molar-refractivity contribution in [2.24, 2.45) is 0 Å². The van der Waals surface area contributed by atoms with E-state index in [4.69, 9.17) is 0 Å². The van der Waals surface area contributed by atoms with Crippen molar-refractivity contribution in [2.75, 3.05) is 5.75 Å². The number of sulfone groups is 1. The van der Waals surface area contributed by atoms with Gasteiger partial charge in [-0.25, -0.2) is 13.4 Å². The van der Waals surface area contributed by atoms with Gasteiger partial charge in [-0.3, -0.25) is 0 Å². The van der Waals surface area contributed by atoms with Gasteiger partial charge in [0, 0.05) is 5.69 Å². The molecule has 0 saturated carbocycles. The first kappa shape index (κ1) is 9.92. The third kappa shape index (κ3) is 2.39. The molecule has 0 N–H and O–H groups in total. The minimum atomic E-state index is -3.26. The largest absolute Gasteiger partial charge is 0.242 e. The number of rotatable bonds is 3. The van der Waals surface area contributed by atoms with Crippen molar-refractivity contribution < 1.29 is 8.42 Å². The van der Waals surface area contributed by atoms with Crippen molar-refractivity contribution in [3.63, 3.8) is 0 Å².